The molecule has 2 N–H and O–H groups in total. The Hall–Kier alpha value is -0.960. The zero-order valence-electron chi connectivity index (χ0n) is 13.2. The smallest absolute Gasteiger partial charge is 0.159 e. The molecule has 0 aromatic heterocycles. The fourth-order valence-electron chi connectivity index (χ4n) is 2.58. The van der Waals surface area contributed by atoms with Crippen LogP contribution in [0.3, 0.4) is 0 Å². The highest BCUT2D eigenvalue weighted by atomic mass is 19.2. The van der Waals surface area contributed by atoms with Crippen molar-refractivity contribution in [2.75, 3.05) is 0 Å². The zero-order valence-corrected chi connectivity index (χ0v) is 13.2. The van der Waals surface area contributed by atoms with Gasteiger partial charge in [0, 0.05) is 6.04 Å². The van der Waals surface area contributed by atoms with Crippen molar-refractivity contribution in [2.24, 2.45) is 5.73 Å². The molecule has 1 aromatic carbocycles. The lowest BCUT2D eigenvalue weighted by molar-refractivity contribution is 0.500. The predicted octanol–water partition coefficient (Wildman–Crippen LogP) is 5.89. The minimum Gasteiger partial charge on any atom is -0.324 e. The average molecular weight is 297 g/mol. The van der Waals surface area contributed by atoms with Crippen LogP contribution in [0.2, 0.25) is 0 Å². The van der Waals surface area contributed by atoms with Gasteiger partial charge in [0.25, 0.3) is 0 Å². The van der Waals surface area contributed by atoms with Crippen LogP contribution in [-0.4, -0.2) is 0 Å². The van der Waals surface area contributed by atoms with Crippen LogP contribution in [0.5, 0.6) is 0 Å². The Bertz CT molecular complexity index is 393. The lowest BCUT2D eigenvalue weighted by Gasteiger charge is -2.12. The van der Waals surface area contributed by atoms with E-state index in [0.29, 0.717) is 5.56 Å². The van der Waals surface area contributed by atoms with E-state index in [1.54, 1.807) is 6.07 Å². The third-order valence-corrected chi connectivity index (χ3v) is 3.99. The van der Waals surface area contributed by atoms with E-state index >= 15 is 0 Å². The molecule has 0 aliphatic carbocycles. The zero-order chi connectivity index (χ0) is 15.5. The first-order valence-corrected chi connectivity index (χ1v) is 8.35. The predicted molar refractivity (Wildman–Crippen MR) is 85.1 cm³/mol. The molecule has 1 atom stereocenters. The number of unbranched alkanes of at least 4 members (excludes halogenated alkanes) is 8. The van der Waals surface area contributed by atoms with Gasteiger partial charge in [0.05, 0.1) is 0 Å². The number of hydrogen-bond acceptors (Lipinski definition) is 1. The van der Waals surface area contributed by atoms with Crippen LogP contribution in [0.25, 0.3) is 0 Å². The second-order valence-electron chi connectivity index (χ2n) is 5.90. The van der Waals surface area contributed by atoms with Crippen LogP contribution in [0.15, 0.2) is 18.2 Å². The summed E-state index contributed by atoms with van der Waals surface area (Å²) in [5.41, 5.74) is 6.71. The Morgan fingerprint density at radius 2 is 1.43 bits per heavy atom. The molecule has 120 valence electrons. The normalized spacial score (nSPS) is 12.6. The molecule has 21 heavy (non-hydrogen) atoms. The van der Waals surface area contributed by atoms with Crippen molar-refractivity contribution in [3.8, 4) is 0 Å². The van der Waals surface area contributed by atoms with Crippen LogP contribution in [0.1, 0.15) is 82.7 Å². The molecule has 0 radical (unpaired) electrons. The summed E-state index contributed by atoms with van der Waals surface area (Å²) in [6, 6.07) is 3.76. The number of rotatable bonds is 11. The Morgan fingerprint density at radius 3 is 2.00 bits per heavy atom. The molecule has 1 nitrogen and oxygen atoms in total. The van der Waals surface area contributed by atoms with Gasteiger partial charge in [-0.25, -0.2) is 8.78 Å². The first-order chi connectivity index (χ1) is 10.1. The number of nitrogens with two attached hydrogens (primary N) is 1. The highest BCUT2D eigenvalue weighted by Crippen LogP contribution is 2.20. The van der Waals surface area contributed by atoms with Crippen molar-refractivity contribution in [3.63, 3.8) is 0 Å². The standard InChI is InChI=1S/C18H29F2N/c1-2-3-4-5-6-7-8-9-10-11-18(21)15-12-13-16(19)17(20)14-15/h12-14,18H,2-11,21H2,1H3. The molecule has 1 unspecified atom stereocenters. The molecular weight excluding hydrogens is 268 g/mol. The van der Waals surface area contributed by atoms with Crippen LogP contribution in [0, 0.1) is 11.6 Å². The maximum absolute atomic E-state index is 13.1. The first kappa shape index (κ1) is 18.1. The average Bonchev–Trinajstić information content (AvgIpc) is 2.48. The molecule has 0 amide bonds. The summed E-state index contributed by atoms with van der Waals surface area (Å²) in [4.78, 5) is 0. The van der Waals surface area contributed by atoms with Crippen molar-refractivity contribution in [1.82, 2.24) is 0 Å². The summed E-state index contributed by atoms with van der Waals surface area (Å²) in [5.74, 6) is -1.62. The third kappa shape index (κ3) is 7.56. The van der Waals surface area contributed by atoms with Crippen molar-refractivity contribution < 1.29 is 8.78 Å². The number of hydrogen-bond donors (Lipinski definition) is 1. The minimum absolute atomic E-state index is 0.190. The van der Waals surface area contributed by atoms with Gasteiger partial charge in [0.2, 0.25) is 0 Å². The fourth-order valence-corrected chi connectivity index (χ4v) is 2.58. The summed E-state index contributed by atoms with van der Waals surface area (Å²) >= 11 is 0. The Balaban J connectivity index is 2.08. The Morgan fingerprint density at radius 1 is 0.857 bits per heavy atom. The second kappa shape index (κ2) is 10.7. The van der Waals surface area contributed by atoms with E-state index in [-0.39, 0.29) is 6.04 Å². The maximum atomic E-state index is 13.1. The van der Waals surface area contributed by atoms with Crippen molar-refractivity contribution in [1.29, 1.82) is 0 Å². The van der Waals surface area contributed by atoms with Gasteiger partial charge in [-0.15, -0.1) is 0 Å². The first-order valence-electron chi connectivity index (χ1n) is 8.35. The van der Waals surface area contributed by atoms with E-state index in [4.69, 9.17) is 5.73 Å². The Labute approximate surface area is 127 Å². The molecule has 1 rings (SSSR count). The summed E-state index contributed by atoms with van der Waals surface area (Å²) in [6.45, 7) is 2.23. The third-order valence-electron chi connectivity index (χ3n) is 3.99. The van der Waals surface area contributed by atoms with Gasteiger partial charge in [-0.05, 0) is 24.1 Å². The molecule has 0 saturated carbocycles. The van der Waals surface area contributed by atoms with Crippen molar-refractivity contribution >= 4 is 0 Å². The van der Waals surface area contributed by atoms with Gasteiger partial charge < -0.3 is 5.73 Å². The van der Waals surface area contributed by atoms with E-state index in [2.05, 4.69) is 6.92 Å². The molecule has 1 aromatic rings. The van der Waals surface area contributed by atoms with E-state index in [0.717, 1.165) is 18.9 Å². The second-order valence-corrected chi connectivity index (χ2v) is 5.90. The Kier molecular flexibility index (Phi) is 9.24. The molecule has 0 fully saturated rings. The summed E-state index contributed by atoms with van der Waals surface area (Å²) in [7, 11) is 0. The number of benzene rings is 1. The molecule has 0 aliphatic rings. The molecule has 0 heterocycles. The van der Waals surface area contributed by atoms with E-state index in [1.165, 1.54) is 57.4 Å². The lowest BCUT2D eigenvalue weighted by Crippen LogP contribution is -2.10. The summed E-state index contributed by atoms with van der Waals surface area (Å²) in [5, 5.41) is 0. The van der Waals surface area contributed by atoms with Gasteiger partial charge in [-0.1, -0.05) is 70.8 Å². The topological polar surface area (TPSA) is 26.0 Å². The molecule has 0 spiro atoms. The minimum atomic E-state index is -0.811. The van der Waals surface area contributed by atoms with Crippen LogP contribution >= 0.6 is 0 Å². The van der Waals surface area contributed by atoms with Gasteiger partial charge in [0.15, 0.2) is 11.6 Å². The van der Waals surface area contributed by atoms with Crippen molar-refractivity contribution in [2.45, 2.75) is 77.2 Å². The van der Waals surface area contributed by atoms with Crippen LogP contribution in [0.4, 0.5) is 8.78 Å². The van der Waals surface area contributed by atoms with Crippen LogP contribution < -0.4 is 5.73 Å². The van der Waals surface area contributed by atoms with Gasteiger partial charge in [0.1, 0.15) is 0 Å². The maximum Gasteiger partial charge on any atom is 0.159 e. The van der Waals surface area contributed by atoms with E-state index in [9.17, 15) is 8.78 Å². The fraction of sp³-hybridized carbons (Fsp3) is 0.667. The molecule has 3 heteroatoms. The highest BCUT2D eigenvalue weighted by molar-refractivity contribution is 5.20. The highest BCUT2D eigenvalue weighted by Gasteiger charge is 2.09. The molecule has 0 saturated heterocycles. The SMILES string of the molecule is CCCCCCCCCCCC(N)c1ccc(F)c(F)c1. The van der Waals surface area contributed by atoms with Gasteiger partial charge >= 0.3 is 0 Å². The summed E-state index contributed by atoms with van der Waals surface area (Å²) in [6.07, 6.45) is 12.3. The monoisotopic (exact) mass is 297 g/mol. The lowest BCUT2D eigenvalue weighted by atomic mass is 10.00. The molecule has 0 bridgehead atoms. The molecular formula is C18H29F2N. The van der Waals surface area contributed by atoms with Gasteiger partial charge in [-0.2, -0.15) is 0 Å². The van der Waals surface area contributed by atoms with Gasteiger partial charge in [-0.3, -0.25) is 0 Å². The van der Waals surface area contributed by atoms with E-state index in [1.807, 2.05) is 0 Å². The largest absolute Gasteiger partial charge is 0.324 e. The van der Waals surface area contributed by atoms with Crippen LogP contribution in [-0.2, 0) is 0 Å². The number of halogens is 2. The van der Waals surface area contributed by atoms with E-state index < -0.39 is 11.6 Å². The van der Waals surface area contributed by atoms with Crippen molar-refractivity contribution in [3.05, 3.63) is 35.4 Å². The quantitative estimate of drug-likeness (QED) is 0.507. The summed E-state index contributed by atoms with van der Waals surface area (Å²) < 4.78 is 26.0. The molecule has 0 aliphatic heterocycles.